The first-order valence-electron chi connectivity index (χ1n) is 6.71. The van der Waals surface area contributed by atoms with Gasteiger partial charge in [0, 0.05) is 6.61 Å². The highest BCUT2D eigenvalue weighted by Gasteiger charge is 2.30. The monoisotopic (exact) mass is 280 g/mol. The molecule has 0 spiro atoms. The van der Waals surface area contributed by atoms with E-state index >= 15 is 0 Å². The number of benzene rings is 1. The molecule has 1 aliphatic rings. The van der Waals surface area contributed by atoms with Gasteiger partial charge in [0.1, 0.15) is 18.5 Å². The molecule has 1 saturated heterocycles. The largest absolute Gasteiger partial charge is 0.491 e. The van der Waals surface area contributed by atoms with E-state index in [-0.39, 0.29) is 18.6 Å². The Hall–Kier alpha value is -1.63. The number of rotatable bonds is 6. The summed E-state index contributed by atoms with van der Waals surface area (Å²) >= 11 is 0. The van der Waals surface area contributed by atoms with E-state index in [1.54, 1.807) is 0 Å². The van der Waals surface area contributed by atoms with Crippen molar-refractivity contribution in [3.63, 3.8) is 0 Å². The summed E-state index contributed by atoms with van der Waals surface area (Å²) in [6, 6.07) is 7.57. The number of ether oxygens (including phenoxy) is 2. The highest BCUT2D eigenvalue weighted by Crippen LogP contribution is 2.21. The number of hydrogen-bond acceptors (Lipinski definition) is 5. The first-order chi connectivity index (χ1) is 9.72. The number of hydrogen-bond donors (Lipinski definition) is 3. The van der Waals surface area contributed by atoms with Gasteiger partial charge in [0.15, 0.2) is 0 Å². The van der Waals surface area contributed by atoms with Gasteiger partial charge >= 0.3 is 0 Å². The Bertz CT molecular complexity index is 435. The fraction of sp³-hybridized carbons (Fsp3) is 0.500. The van der Waals surface area contributed by atoms with E-state index in [1.165, 1.54) is 0 Å². The lowest BCUT2D eigenvalue weighted by molar-refractivity contribution is -0.132. The summed E-state index contributed by atoms with van der Waals surface area (Å²) in [5.41, 5.74) is 3.16. The molecule has 0 aliphatic carbocycles. The van der Waals surface area contributed by atoms with Gasteiger partial charge < -0.3 is 14.6 Å². The predicted molar refractivity (Wildman–Crippen MR) is 73.0 cm³/mol. The molecule has 110 valence electrons. The van der Waals surface area contributed by atoms with Gasteiger partial charge in [-0.15, -0.1) is 0 Å². The van der Waals surface area contributed by atoms with Crippen LogP contribution >= 0.6 is 0 Å². The van der Waals surface area contributed by atoms with Gasteiger partial charge in [-0.3, -0.25) is 10.2 Å². The van der Waals surface area contributed by atoms with Crippen molar-refractivity contribution in [3.05, 3.63) is 29.8 Å². The van der Waals surface area contributed by atoms with E-state index in [1.807, 2.05) is 24.3 Å². The third-order valence-electron chi connectivity index (χ3n) is 3.30. The summed E-state index contributed by atoms with van der Waals surface area (Å²) in [6.45, 7) is 0.550. The Morgan fingerprint density at radius 2 is 2.15 bits per heavy atom. The summed E-state index contributed by atoms with van der Waals surface area (Å²) in [4.78, 5) is 11.3. The zero-order chi connectivity index (χ0) is 14.4. The number of hydrazine groups is 1. The molecule has 0 aromatic heterocycles. The molecule has 2 unspecified atom stereocenters. The van der Waals surface area contributed by atoms with E-state index in [9.17, 15) is 4.79 Å². The average Bonchev–Trinajstić information content (AvgIpc) is 2.95. The molecule has 1 heterocycles. The molecule has 6 nitrogen and oxygen atoms in total. The van der Waals surface area contributed by atoms with E-state index < -0.39 is 6.10 Å². The van der Waals surface area contributed by atoms with Crippen molar-refractivity contribution in [3.8, 4) is 5.75 Å². The zero-order valence-electron chi connectivity index (χ0n) is 11.2. The fourth-order valence-corrected chi connectivity index (χ4v) is 2.18. The maximum Gasteiger partial charge on any atom is 0.263 e. The predicted octanol–water partition coefficient (Wildman–Crippen LogP) is 0.138. The Kier molecular flexibility index (Phi) is 5.34. The second kappa shape index (κ2) is 7.23. The Morgan fingerprint density at radius 3 is 2.80 bits per heavy atom. The van der Waals surface area contributed by atoms with Crippen LogP contribution in [0.5, 0.6) is 5.75 Å². The molecule has 1 aliphatic heterocycles. The fourth-order valence-electron chi connectivity index (χ4n) is 2.18. The number of carbonyl (C=O) groups excluding carboxylic acids is 1. The first kappa shape index (κ1) is 14.8. The third kappa shape index (κ3) is 3.93. The van der Waals surface area contributed by atoms with E-state index in [4.69, 9.17) is 20.4 Å². The normalized spacial score (nSPS) is 21.7. The van der Waals surface area contributed by atoms with Gasteiger partial charge in [0.25, 0.3) is 5.91 Å². The first-order valence-corrected chi connectivity index (χ1v) is 6.71. The van der Waals surface area contributed by atoms with Gasteiger partial charge in [0.2, 0.25) is 0 Å². The smallest absolute Gasteiger partial charge is 0.263 e. The topological polar surface area (TPSA) is 93.8 Å². The molecule has 20 heavy (non-hydrogen) atoms. The molecule has 0 saturated carbocycles. The van der Waals surface area contributed by atoms with Crippen LogP contribution in [0.15, 0.2) is 24.3 Å². The average molecular weight is 280 g/mol. The van der Waals surface area contributed by atoms with E-state index in [0.717, 1.165) is 17.7 Å². The number of aliphatic hydroxyl groups excluding tert-OH is 1. The van der Waals surface area contributed by atoms with Crippen LogP contribution in [0.25, 0.3) is 0 Å². The van der Waals surface area contributed by atoms with Gasteiger partial charge in [-0.1, -0.05) is 12.1 Å². The molecule has 2 atom stereocenters. The number of nitrogens with two attached hydrogens (primary N) is 1. The van der Waals surface area contributed by atoms with Crippen LogP contribution in [0, 0.1) is 0 Å². The lowest BCUT2D eigenvalue weighted by atomic mass is 10.1. The molecule has 0 radical (unpaired) electrons. The Labute approximate surface area is 117 Å². The minimum Gasteiger partial charge on any atom is -0.491 e. The van der Waals surface area contributed by atoms with Crippen LogP contribution in [0.4, 0.5) is 0 Å². The van der Waals surface area contributed by atoms with Crippen molar-refractivity contribution in [2.45, 2.75) is 31.5 Å². The highest BCUT2D eigenvalue weighted by atomic mass is 16.5. The molecule has 1 fully saturated rings. The number of aliphatic hydroxyl groups is 1. The minimum absolute atomic E-state index is 0.0885. The van der Waals surface area contributed by atoms with Crippen molar-refractivity contribution in [1.29, 1.82) is 0 Å². The quantitative estimate of drug-likeness (QED) is 0.391. The standard InChI is InChI=1S/C14H20N2O4/c15-16-14(18)13-6-5-12(20-13)9-19-11-3-1-10(2-4-11)7-8-17/h1-4,12-13,17H,5-9,15H2,(H,16,18). The molecule has 2 rings (SSSR count). The summed E-state index contributed by atoms with van der Waals surface area (Å²) in [5, 5.41) is 8.84. The molecule has 1 amide bonds. The SMILES string of the molecule is NNC(=O)C1CCC(COc2ccc(CCO)cc2)O1. The second-order valence-corrected chi connectivity index (χ2v) is 4.76. The molecular weight excluding hydrogens is 260 g/mol. The van der Waals surface area contributed by atoms with E-state index in [2.05, 4.69) is 5.43 Å². The molecule has 0 bridgehead atoms. The van der Waals surface area contributed by atoms with Crippen LogP contribution in [0.3, 0.4) is 0 Å². The zero-order valence-corrected chi connectivity index (χ0v) is 11.2. The van der Waals surface area contributed by atoms with Gasteiger partial charge in [-0.05, 0) is 37.0 Å². The second-order valence-electron chi connectivity index (χ2n) is 4.76. The molecule has 1 aromatic carbocycles. The summed E-state index contributed by atoms with van der Waals surface area (Å²) in [7, 11) is 0. The van der Waals surface area contributed by atoms with Crippen LogP contribution in [0.1, 0.15) is 18.4 Å². The Balaban J connectivity index is 1.77. The van der Waals surface area contributed by atoms with Crippen LogP contribution in [0.2, 0.25) is 0 Å². The summed E-state index contributed by atoms with van der Waals surface area (Å²) < 4.78 is 11.2. The summed E-state index contributed by atoms with van der Waals surface area (Å²) in [6.07, 6.45) is 1.52. The maximum atomic E-state index is 11.3. The lowest BCUT2D eigenvalue weighted by Gasteiger charge is -2.14. The van der Waals surface area contributed by atoms with Crippen molar-refractivity contribution in [1.82, 2.24) is 5.43 Å². The van der Waals surface area contributed by atoms with Gasteiger partial charge in [-0.25, -0.2) is 5.84 Å². The van der Waals surface area contributed by atoms with E-state index in [0.29, 0.717) is 19.4 Å². The molecule has 6 heteroatoms. The van der Waals surface area contributed by atoms with Crippen molar-refractivity contribution in [2.24, 2.45) is 5.84 Å². The van der Waals surface area contributed by atoms with Gasteiger partial charge in [0.05, 0.1) is 6.10 Å². The molecule has 4 N–H and O–H groups in total. The van der Waals surface area contributed by atoms with Crippen molar-refractivity contribution < 1.29 is 19.4 Å². The van der Waals surface area contributed by atoms with Crippen molar-refractivity contribution >= 4 is 5.91 Å². The number of amides is 1. The molecular formula is C14H20N2O4. The third-order valence-corrected chi connectivity index (χ3v) is 3.30. The molecule has 1 aromatic rings. The van der Waals surface area contributed by atoms with Gasteiger partial charge in [-0.2, -0.15) is 0 Å². The number of nitrogens with one attached hydrogen (secondary N) is 1. The minimum atomic E-state index is -0.472. The Morgan fingerprint density at radius 1 is 1.40 bits per heavy atom. The van der Waals surface area contributed by atoms with Crippen LogP contribution < -0.4 is 16.0 Å². The highest BCUT2D eigenvalue weighted by molar-refractivity contribution is 5.80. The maximum absolute atomic E-state index is 11.3. The van der Waals surface area contributed by atoms with Crippen LogP contribution in [-0.2, 0) is 16.0 Å². The lowest BCUT2D eigenvalue weighted by Crippen LogP contribution is -2.39. The van der Waals surface area contributed by atoms with Crippen LogP contribution in [-0.4, -0.2) is 36.4 Å². The summed E-state index contributed by atoms with van der Waals surface area (Å²) in [5.74, 6) is 5.53. The van der Waals surface area contributed by atoms with Crippen molar-refractivity contribution in [2.75, 3.05) is 13.2 Å². The number of carbonyl (C=O) groups is 1.